The van der Waals surface area contributed by atoms with Gasteiger partial charge in [0, 0.05) is 11.7 Å². The molecule has 0 bridgehead atoms. The maximum Gasteiger partial charge on any atom is 0.387 e. The standard InChI is InChI=1S/C11H12ClF2NO3S/c12-9-5-7(1-2-10(9)18-11(13)14)15-8-3-4-19(16,17)6-8/h1-2,5,8,11,15H,3-4,6H2. The third-order valence-corrected chi connectivity index (χ3v) is 4.81. The minimum atomic E-state index is -2.97. The van der Waals surface area contributed by atoms with E-state index in [1.54, 1.807) is 0 Å². The Kier molecular flexibility index (Phi) is 4.15. The Morgan fingerprint density at radius 1 is 1.42 bits per heavy atom. The summed E-state index contributed by atoms with van der Waals surface area (Å²) in [5.41, 5.74) is 0.578. The van der Waals surface area contributed by atoms with Gasteiger partial charge in [-0.2, -0.15) is 8.78 Å². The summed E-state index contributed by atoms with van der Waals surface area (Å²) in [4.78, 5) is 0. The van der Waals surface area contributed by atoms with Crippen molar-refractivity contribution in [3.63, 3.8) is 0 Å². The first-order valence-electron chi connectivity index (χ1n) is 5.57. The quantitative estimate of drug-likeness (QED) is 0.928. The van der Waals surface area contributed by atoms with Crippen molar-refractivity contribution in [3.8, 4) is 5.75 Å². The molecule has 0 spiro atoms. The maximum atomic E-state index is 12.1. The molecule has 8 heteroatoms. The van der Waals surface area contributed by atoms with E-state index in [1.165, 1.54) is 18.2 Å². The van der Waals surface area contributed by atoms with Gasteiger partial charge in [0.25, 0.3) is 0 Å². The molecule has 1 heterocycles. The van der Waals surface area contributed by atoms with Gasteiger partial charge in [-0.05, 0) is 24.6 Å². The van der Waals surface area contributed by atoms with Crippen LogP contribution < -0.4 is 10.1 Å². The Morgan fingerprint density at radius 2 is 2.16 bits per heavy atom. The van der Waals surface area contributed by atoms with Gasteiger partial charge in [0.2, 0.25) is 0 Å². The van der Waals surface area contributed by atoms with Crippen molar-refractivity contribution in [1.29, 1.82) is 0 Å². The minimum Gasteiger partial charge on any atom is -0.433 e. The molecule has 1 unspecified atom stereocenters. The Morgan fingerprint density at radius 3 is 2.68 bits per heavy atom. The summed E-state index contributed by atoms with van der Waals surface area (Å²) in [6.45, 7) is -2.93. The fraction of sp³-hybridized carbons (Fsp3) is 0.455. The summed E-state index contributed by atoms with van der Waals surface area (Å²) in [6, 6.07) is 4.10. The number of nitrogens with one attached hydrogen (secondary N) is 1. The average Bonchev–Trinajstić information content (AvgIpc) is 2.61. The fourth-order valence-corrected chi connectivity index (χ4v) is 3.83. The monoisotopic (exact) mass is 311 g/mol. The molecule has 1 aliphatic heterocycles. The van der Waals surface area contributed by atoms with Crippen LogP contribution in [0.2, 0.25) is 5.02 Å². The second-order valence-corrected chi connectivity index (χ2v) is 6.90. The molecule has 106 valence electrons. The smallest absolute Gasteiger partial charge is 0.387 e. The highest BCUT2D eigenvalue weighted by Crippen LogP contribution is 2.29. The summed E-state index contributed by atoms with van der Waals surface area (Å²) in [6.07, 6.45) is 0.523. The van der Waals surface area contributed by atoms with Crippen molar-refractivity contribution < 1.29 is 21.9 Å². The van der Waals surface area contributed by atoms with E-state index in [2.05, 4.69) is 10.1 Å². The predicted molar refractivity (Wildman–Crippen MR) is 68.8 cm³/mol. The van der Waals surface area contributed by atoms with Gasteiger partial charge < -0.3 is 10.1 Å². The van der Waals surface area contributed by atoms with E-state index in [-0.39, 0.29) is 28.3 Å². The van der Waals surface area contributed by atoms with Gasteiger partial charge in [-0.15, -0.1) is 0 Å². The molecule has 1 aromatic carbocycles. The number of hydrogen-bond donors (Lipinski definition) is 1. The molecular formula is C11H12ClF2NO3S. The highest BCUT2D eigenvalue weighted by molar-refractivity contribution is 7.91. The largest absolute Gasteiger partial charge is 0.433 e. The normalized spacial score (nSPS) is 21.6. The summed E-state index contributed by atoms with van der Waals surface area (Å²) < 4.78 is 50.9. The van der Waals surface area contributed by atoms with Crippen LogP contribution >= 0.6 is 11.6 Å². The van der Waals surface area contributed by atoms with Crippen LogP contribution in [-0.4, -0.2) is 32.6 Å². The van der Waals surface area contributed by atoms with Gasteiger partial charge in [-0.25, -0.2) is 8.42 Å². The van der Waals surface area contributed by atoms with Crippen molar-refractivity contribution in [1.82, 2.24) is 0 Å². The molecule has 0 saturated carbocycles. The van der Waals surface area contributed by atoms with Gasteiger partial charge in [0.1, 0.15) is 5.75 Å². The lowest BCUT2D eigenvalue weighted by molar-refractivity contribution is -0.0497. The van der Waals surface area contributed by atoms with E-state index >= 15 is 0 Å². The van der Waals surface area contributed by atoms with E-state index < -0.39 is 16.4 Å². The topological polar surface area (TPSA) is 55.4 Å². The van der Waals surface area contributed by atoms with E-state index in [9.17, 15) is 17.2 Å². The molecule has 1 atom stereocenters. The van der Waals surface area contributed by atoms with Crippen molar-refractivity contribution in [3.05, 3.63) is 23.2 Å². The molecule has 19 heavy (non-hydrogen) atoms. The number of sulfone groups is 1. The molecule has 1 saturated heterocycles. The number of anilines is 1. The third-order valence-electron chi connectivity index (χ3n) is 2.75. The molecule has 0 aliphatic carbocycles. The SMILES string of the molecule is O=S1(=O)CCC(Nc2ccc(OC(F)F)c(Cl)c2)C1. The van der Waals surface area contributed by atoms with Crippen molar-refractivity contribution >= 4 is 27.1 Å². The molecular weight excluding hydrogens is 300 g/mol. The Bertz CT molecular complexity index is 565. The lowest BCUT2D eigenvalue weighted by Crippen LogP contribution is -2.20. The van der Waals surface area contributed by atoms with Crippen molar-refractivity contribution in [2.24, 2.45) is 0 Å². The van der Waals surface area contributed by atoms with Crippen LogP contribution in [0.1, 0.15) is 6.42 Å². The summed E-state index contributed by atoms with van der Waals surface area (Å²) >= 11 is 5.80. The second kappa shape index (κ2) is 5.50. The van der Waals surface area contributed by atoms with E-state index in [1.807, 2.05) is 0 Å². The van der Waals surface area contributed by atoms with Crippen LogP contribution in [0, 0.1) is 0 Å². The molecule has 2 rings (SSSR count). The van der Waals surface area contributed by atoms with Gasteiger partial charge in [0.05, 0.1) is 16.5 Å². The van der Waals surface area contributed by atoms with Gasteiger partial charge >= 0.3 is 6.61 Å². The number of hydrogen-bond acceptors (Lipinski definition) is 4. The Labute approximate surface area is 114 Å². The number of benzene rings is 1. The van der Waals surface area contributed by atoms with Crippen LogP contribution in [0.3, 0.4) is 0 Å². The van der Waals surface area contributed by atoms with Crippen LogP contribution in [0.4, 0.5) is 14.5 Å². The number of halogens is 3. The zero-order chi connectivity index (χ0) is 14.0. The Balaban J connectivity index is 2.04. The minimum absolute atomic E-state index is 0.0474. The van der Waals surface area contributed by atoms with Crippen LogP contribution in [0.15, 0.2) is 18.2 Å². The van der Waals surface area contributed by atoms with Crippen LogP contribution in [-0.2, 0) is 9.84 Å². The molecule has 0 amide bonds. The van der Waals surface area contributed by atoms with Gasteiger partial charge in [-0.3, -0.25) is 0 Å². The molecule has 1 N–H and O–H groups in total. The van der Waals surface area contributed by atoms with E-state index in [4.69, 9.17) is 11.6 Å². The van der Waals surface area contributed by atoms with Gasteiger partial charge in [0.15, 0.2) is 9.84 Å². The lowest BCUT2D eigenvalue weighted by Gasteiger charge is -2.14. The predicted octanol–water partition coefficient (Wildman–Crippen LogP) is 2.54. The molecule has 1 aliphatic rings. The van der Waals surface area contributed by atoms with E-state index in [0.717, 1.165) is 0 Å². The first-order valence-corrected chi connectivity index (χ1v) is 7.77. The van der Waals surface area contributed by atoms with Gasteiger partial charge in [-0.1, -0.05) is 11.6 Å². The second-order valence-electron chi connectivity index (χ2n) is 4.27. The Hall–Kier alpha value is -1.08. The summed E-state index contributed by atoms with van der Waals surface area (Å²) in [5, 5.41) is 3.06. The molecule has 1 fully saturated rings. The number of alkyl halides is 2. The fourth-order valence-electron chi connectivity index (χ4n) is 1.93. The molecule has 0 aromatic heterocycles. The first-order chi connectivity index (χ1) is 8.85. The average molecular weight is 312 g/mol. The molecule has 1 aromatic rings. The maximum absolute atomic E-state index is 12.1. The van der Waals surface area contributed by atoms with Crippen molar-refractivity contribution in [2.45, 2.75) is 19.1 Å². The summed E-state index contributed by atoms with van der Waals surface area (Å²) in [5.74, 6) is 0.117. The zero-order valence-electron chi connectivity index (χ0n) is 9.77. The summed E-state index contributed by atoms with van der Waals surface area (Å²) in [7, 11) is -2.97. The highest BCUT2D eigenvalue weighted by Gasteiger charge is 2.27. The van der Waals surface area contributed by atoms with Crippen LogP contribution in [0.5, 0.6) is 5.75 Å². The number of ether oxygens (including phenoxy) is 1. The zero-order valence-corrected chi connectivity index (χ0v) is 11.3. The molecule has 0 radical (unpaired) electrons. The van der Waals surface area contributed by atoms with E-state index in [0.29, 0.717) is 12.1 Å². The highest BCUT2D eigenvalue weighted by atomic mass is 35.5. The van der Waals surface area contributed by atoms with Crippen LogP contribution in [0.25, 0.3) is 0 Å². The third kappa shape index (κ3) is 3.94. The lowest BCUT2D eigenvalue weighted by atomic mass is 10.2. The first kappa shape index (κ1) is 14.3. The van der Waals surface area contributed by atoms with Crippen molar-refractivity contribution in [2.75, 3.05) is 16.8 Å². The molecule has 4 nitrogen and oxygen atoms in total. The number of rotatable bonds is 4.